The molecule has 0 aliphatic rings. The summed E-state index contributed by atoms with van der Waals surface area (Å²) < 4.78 is 16.9. The molecule has 0 N–H and O–H groups in total. The Kier molecular flexibility index (Phi) is 51.5. The standard InChI is InChI=1S/C60H116O6/c1-6-8-9-10-11-12-13-25-30-35-40-45-50-58(61)64-53-57(66-60(63)52-47-42-37-32-27-22-18-17-20-24-29-34-39-44-49-56(5)7-2)54-65-59(62)51-46-41-36-31-26-21-16-14-15-19-23-28-33-38-43-48-55(3)4/h55-57H,6-54H2,1-5H3/t56?,57-/m0/s1. The molecule has 0 aromatic heterocycles. The van der Waals surface area contributed by atoms with Gasteiger partial charge in [0.05, 0.1) is 0 Å². The lowest BCUT2D eigenvalue weighted by Gasteiger charge is -2.18. The summed E-state index contributed by atoms with van der Waals surface area (Å²) in [7, 11) is 0. The Morgan fingerprint density at radius 3 is 0.864 bits per heavy atom. The zero-order valence-electron chi connectivity index (χ0n) is 45.3. The number of rotatable bonds is 54. The van der Waals surface area contributed by atoms with Crippen molar-refractivity contribution < 1.29 is 28.6 Å². The van der Waals surface area contributed by atoms with E-state index in [2.05, 4.69) is 34.6 Å². The molecule has 0 radical (unpaired) electrons. The molecule has 0 spiro atoms. The van der Waals surface area contributed by atoms with E-state index < -0.39 is 6.10 Å². The van der Waals surface area contributed by atoms with Crippen LogP contribution < -0.4 is 0 Å². The van der Waals surface area contributed by atoms with Gasteiger partial charge >= 0.3 is 17.9 Å². The highest BCUT2D eigenvalue weighted by Crippen LogP contribution is 2.19. The number of carbonyl (C=O) groups excluding carboxylic acids is 3. The van der Waals surface area contributed by atoms with Crippen molar-refractivity contribution >= 4 is 17.9 Å². The molecule has 0 saturated carbocycles. The molecule has 0 amide bonds. The number of hydrogen-bond donors (Lipinski definition) is 0. The van der Waals surface area contributed by atoms with Crippen LogP contribution in [-0.4, -0.2) is 37.2 Å². The van der Waals surface area contributed by atoms with Crippen LogP contribution in [-0.2, 0) is 28.6 Å². The Balaban J connectivity index is 4.27. The van der Waals surface area contributed by atoms with E-state index in [-0.39, 0.29) is 31.1 Å². The van der Waals surface area contributed by atoms with Gasteiger partial charge in [-0.3, -0.25) is 14.4 Å². The first-order valence-corrected chi connectivity index (χ1v) is 29.8. The Bertz CT molecular complexity index is 1010. The minimum absolute atomic E-state index is 0.0624. The second-order valence-corrected chi connectivity index (χ2v) is 21.4. The molecule has 0 saturated heterocycles. The number of ether oxygens (including phenoxy) is 3. The van der Waals surface area contributed by atoms with E-state index in [1.165, 1.54) is 225 Å². The Labute approximate surface area is 412 Å². The van der Waals surface area contributed by atoms with E-state index in [1.807, 2.05) is 0 Å². The number of carbonyl (C=O) groups is 3. The normalized spacial score (nSPS) is 12.5. The minimum Gasteiger partial charge on any atom is -0.462 e. The summed E-state index contributed by atoms with van der Waals surface area (Å²) in [6, 6.07) is 0. The number of esters is 3. The summed E-state index contributed by atoms with van der Waals surface area (Å²) in [6.07, 6.45) is 56.6. The van der Waals surface area contributed by atoms with Crippen molar-refractivity contribution in [1.82, 2.24) is 0 Å². The number of hydrogen-bond acceptors (Lipinski definition) is 6. The van der Waals surface area contributed by atoms with Gasteiger partial charge in [0.1, 0.15) is 13.2 Å². The van der Waals surface area contributed by atoms with E-state index in [9.17, 15) is 14.4 Å². The molecule has 0 rings (SSSR count). The summed E-state index contributed by atoms with van der Waals surface area (Å²) in [5.41, 5.74) is 0. The lowest BCUT2D eigenvalue weighted by Crippen LogP contribution is -2.30. The summed E-state index contributed by atoms with van der Waals surface area (Å²) in [6.45, 7) is 11.5. The molecule has 0 heterocycles. The molecular weight excluding hydrogens is 817 g/mol. The highest BCUT2D eigenvalue weighted by atomic mass is 16.6. The van der Waals surface area contributed by atoms with Gasteiger partial charge in [-0.25, -0.2) is 0 Å². The third kappa shape index (κ3) is 51.8. The quantitative estimate of drug-likeness (QED) is 0.0343. The fourth-order valence-electron chi connectivity index (χ4n) is 9.20. The van der Waals surface area contributed by atoms with Crippen LogP contribution in [0.4, 0.5) is 0 Å². The maximum absolute atomic E-state index is 12.9. The summed E-state index contributed by atoms with van der Waals surface area (Å²) in [5, 5.41) is 0. The van der Waals surface area contributed by atoms with Gasteiger partial charge in [0.15, 0.2) is 6.10 Å². The van der Waals surface area contributed by atoms with Crippen LogP contribution in [0, 0.1) is 11.8 Å². The zero-order chi connectivity index (χ0) is 48.2. The topological polar surface area (TPSA) is 78.9 Å². The van der Waals surface area contributed by atoms with Crippen molar-refractivity contribution in [3.8, 4) is 0 Å². The fourth-order valence-corrected chi connectivity index (χ4v) is 9.20. The summed E-state index contributed by atoms with van der Waals surface area (Å²) in [4.78, 5) is 38.2. The molecule has 0 fully saturated rings. The Hall–Kier alpha value is -1.59. The van der Waals surface area contributed by atoms with Crippen molar-refractivity contribution in [3.05, 3.63) is 0 Å². The molecular formula is C60H116O6. The molecule has 6 heteroatoms. The molecule has 0 aromatic carbocycles. The summed E-state index contributed by atoms with van der Waals surface area (Å²) in [5.74, 6) is 0.907. The smallest absolute Gasteiger partial charge is 0.306 e. The van der Waals surface area contributed by atoms with E-state index in [1.54, 1.807) is 0 Å². The zero-order valence-corrected chi connectivity index (χ0v) is 45.3. The SMILES string of the molecule is CCCCCCCCCCCCCCC(=O)OC[C@@H](COC(=O)CCCCCCCCCCCCCCCCCC(C)C)OC(=O)CCCCCCCCCCCCCCCCC(C)CC. The van der Waals surface area contributed by atoms with Gasteiger partial charge < -0.3 is 14.2 Å². The third-order valence-corrected chi connectivity index (χ3v) is 14.1. The van der Waals surface area contributed by atoms with Gasteiger partial charge in [-0.15, -0.1) is 0 Å². The fraction of sp³-hybridized carbons (Fsp3) is 0.950. The molecule has 2 atom stereocenters. The second-order valence-electron chi connectivity index (χ2n) is 21.4. The average Bonchev–Trinajstić information content (AvgIpc) is 3.30. The van der Waals surface area contributed by atoms with Crippen molar-refractivity contribution in [2.24, 2.45) is 11.8 Å². The molecule has 0 aromatic rings. The van der Waals surface area contributed by atoms with Gasteiger partial charge in [-0.05, 0) is 31.1 Å². The van der Waals surface area contributed by atoms with Crippen molar-refractivity contribution in [3.63, 3.8) is 0 Å². The van der Waals surface area contributed by atoms with Gasteiger partial charge in [0.2, 0.25) is 0 Å². The minimum atomic E-state index is -0.762. The van der Waals surface area contributed by atoms with E-state index in [0.717, 1.165) is 69.6 Å². The highest BCUT2D eigenvalue weighted by Gasteiger charge is 2.19. The van der Waals surface area contributed by atoms with Crippen LogP contribution in [0.25, 0.3) is 0 Å². The molecule has 6 nitrogen and oxygen atoms in total. The van der Waals surface area contributed by atoms with Crippen LogP contribution in [0.15, 0.2) is 0 Å². The van der Waals surface area contributed by atoms with Crippen LogP contribution in [0.1, 0.15) is 336 Å². The summed E-state index contributed by atoms with van der Waals surface area (Å²) >= 11 is 0. The molecule has 0 bridgehead atoms. The molecule has 0 aliphatic heterocycles. The van der Waals surface area contributed by atoms with E-state index in [0.29, 0.717) is 19.3 Å². The lowest BCUT2D eigenvalue weighted by atomic mass is 9.99. The van der Waals surface area contributed by atoms with Gasteiger partial charge in [0.25, 0.3) is 0 Å². The monoisotopic (exact) mass is 933 g/mol. The van der Waals surface area contributed by atoms with Crippen molar-refractivity contribution in [1.29, 1.82) is 0 Å². The average molecular weight is 934 g/mol. The maximum Gasteiger partial charge on any atom is 0.306 e. The third-order valence-electron chi connectivity index (χ3n) is 14.1. The van der Waals surface area contributed by atoms with Crippen LogP contribution in [0.3, 0.4) is 0 Å². The lowest BCUT2D eigenvalue weighted by molar-refractivity contribution is -0.167. The first-order chi connectivity index (χ1) is 32.3. The van der Waals surface area contributed by atoms with Crippen molar-refractivity contribution in [2.45, 2.75) is 343 Å². The van der Waals surface area contributed by atoms with Crippen LogP contribution in [0.5, 0.6) is 0 Å². The molecule has 66 heavy (non-hydrogen) atoms. The second kappa shape index (κ2) is 52.8. The largest absolute Gasteiger partial charge is 0.462 e. The molecule has 0 aliphatic carbocycles. The maximum atomic E-state index is 12.9. The Morgan fingerprint density at radius 1 is 0.318 bits per heavy atom. The van der Waals surface area contributed by atoms with E-state index in [4.69, 9.17) is 14.2 Å². The highest BCUT2D eigenvalue weighted by molar-refractivity contribution is 5.71. The molecule has 392 valence electrons. The first kappa shape index (κ1) is 64.4. The number of unbranched alkanes of at least 4 members (excludes halogenated alkanes) is 38. The van der Waals surface area contributed by atoms with Crippen molar-refractivity contribution in [2.75, 3.05) is 13.2 Å². The first-order valence-electron chi connectivity index (χ1n) is 29.8. The van der Waals surface area contributed by atoms with Gasteiger partial charge in [0, 0.05) is 19.3 Å². The Morgan fingerprint density at radius 2 is 0.576 bits per heavy atom. The van der Waals surface area contributed by atoms with Gasteiger partial charge in [-0.1, -0.05) is 298 Å². The van der Waals surface area contributed by atoms with E-state index >= 15 is 0 Å². The predicted molar refractivity (Wildman–Crippen MR) is 284 cm³/mol. The van der Waals surface area contributed by atoms with Crippen LogP contribution >= 0.6 is 0 Å². The van der Waals surface area contributed by atoms with Gasteiger partial charge in [-0.2, -0.15) is 0 Å². The van der Waals surface area contributed by atoms with Crippen LogP contribution in [0.2, 0.25) is 0 Å². The predicted octanol–water partition coefficient (Wildman–Crippen LogP) is 19.7. The molecule has 1 unspecified atom stereocenters.